The third kappa shape index (κ3) is 4.52. The zero-order chi connectivity index (χ0) is 32.8. The molecule has 7 aromatic carbocycles. The Morgan fingerprint density at radius 2 is 1.00 bits per heavy atom. The van der Waals surface area contributed by atoms with Crippen molar-refractivity contribution in [2.75, 3.05) is 0 Å². The molecule has 1 aliphatic rings. The first-order valence-electron chi connectivity index (χ1n) is 16.6. The van der Waals surface area contributed by atoms with Crippen LogP contribution in [0.2, 0.25) is 0 Å². The Labute approximate surface area is 286 Å². The number of nitrogens with zero attached hydrogens (tertiary/aromatic N) is 2. The highest BCUT2D eigenvalue weighted by molar-refractivity contribution is 6.10. The Hall–Kier alpha value is -6.56. The van der Waals surface area contributed by atoms with Crippen LogP contribution in [0.4, 0.5) is 5.82 Å². The number of hydrogen-bond acceptors (Lipinski definition) is 1. The van der Waals surface area contributed by atoms with Crippen molar-refractivity contribution in [2.24, 2.45) is 0 Å². The van der Waals surface area contributed by atoms with Crippen LogP contribution in [0.1, 0.15) is 22.3 Å². The van der Waals surface area contributed by atoms with Crippen LogP contribution in [0.25, 0.3) is 60.1 Å². The average molecular weight is 623 g/mol. The van der Waals surface area contributed by atoms with Gasteiger partial charge in [-0.3, -0.25) is 0 Å². The number of fused-ring (bicyclic) bond motifs is 5. The van der Waals surface area contributed by atoms with Crippen molar-refractivity contribution < 1.29 is 0 Å². The molecule has 2 nitrogen and oxygen atoms in total. The molecule has 228 valence electrons. The summed E-state index contributed by atoms with van der Waals surface area (Å²) in [7, 11) is 0. The van der Waals surface area contributed by atoms with Gasteiger partial charge < -0.3 is 4.85 Å². The molecule has 1 aliphatic carbocycles. The second-order valence-corrected chi connectivity index (χ2v) is 12.6. The van der Waals surface area contributed by atoms with Crippen LogP contribution in [0.3, 0.4) is 0 Å². The van der Waals surface area contributed by atoms with E-state index in [-0.39, 0.29) is 0 Å². The Morgan fingerprint density at radius 1 is 0.429 bits per heavy atom. The molecule has 0 bridgehead atoms. The molecule has 2 heteroatoms. The average Bonchev–Trinajstić information content (AvgIpc) is 3.49. The van der Waals surface area contributed by atoms with Crippen molar-refractivity contribution in [2.45, 2.75) is 5.41 Å². The van der Waals surface area contributed by atoms with Gasteiger partial charge in [-0.25, -0.2) is 0 Å². The summed E-state index contributed by atoms with van der Waals surface area (Å²) in [6.45, 7) is 7.46. The number of rotatable bonds is 5. The Bertz CT molecular complexity index is 2510. The lowest BCUT2D eigenvalue weighted by atomic mass is 9.67. The summed E-state index contributed by atoms with van der Waals surface area (Å²) in [6.07, 6.45) is 1.71. The largest absolute Gasteiger partial charge is 0.361 e. The Kier molecular flexibility index (Phi) is 6.78. The minimum Gasteiger partial charge on any atom is -0.361 e. The molecule has 1 aromatic heterocycles. The van der Waals surface area contributed by atoms with Crippen LogP contribution in [-0.2, 0) is 5.41 Å². The fourth-order valence-electron chi connectivity index (χ4n) is 7.92. The van der Waals surface area contributed by atoms with Crippen LogP contribution in [0.15, 0.2) is 182 Å². The number of pyridine rings is 1. The molecule has 0 saturated heterocycles. The van der Waals surface area contributed by atoms with Gasteiger partial charge in [0.15, 0.2) is 0 Å². The van der Waals surface area contributed by atoms with Crippen molar-refractivity contribution in [3.8, 4) is 44.5 Å². The molecule has 0 N–H and O–H groups in total. The van der Waals surface area contributed by atoms with E-state index < -0.39 is 5.41 Å². The summed E-state index contributed by atoms with van der Waals surface area (Å²) in [4.78, 5) is 7.75. The first-order valence-corrected chi connectivity index (χ1v) is 16.6. The van der Waals surface area contributed by atoms with Gasteiger partial charge in [-0.1, -0.05) is 152 Å². The minimum atomic E-state index is -0.552. The van der Waals surface area contributed by atoms with E-state index in [1.54, 1.807) is 6.20 Å². The zero-order valence-corrected chi connectivity index (χ0v) is 26.7. The summed E-state index contributed by atoms with van der Waals surface area (Å²) >= 11 is 0. The Balaban J connectivity index is 1.37. The molecular formula is C47H30N2. The lowest BCUT2D eigenvalue weighted by molar-refractivity contribution is 0.769. The molecule has 0 fully saturated rings. The predicted octanol–water partition coefficient (Wildman–Crippen LogP) is 12.1. The molecule has 1 heterocycles. The van der Waals surface area contributed by atoms with Crippen molar-refractivity contribution >= 4 is 16.6 Å². The topological polar surface area (TPSA) is 17.2 Å². The maximum atomic E-state index is 7.46. The minimum absolute atomic E-state index is 0.399. The lowest BCUT2D eigenvalue weighted by Gasteiger charge is -2.34. The molecule has 0 aliphatic heterocycles. The fourth-order valence-corrected chi connectivity index (χ4v) is 7.92. The molecule has 0 radical (unpaired) electrons. The summed E-state index contributed by atoms with van der Waals surface area (Å²) < 4.78 is 0. The van der Waals surface area contributed by atoms with Gasteiger partial charge in [0, 0.05) is 0 Å². The zero-order valence-electron chi connectivity index (χ0n) is 26.7. The van der Waals surface area contributed by atoms with Crippen LogP contribution in [0.5, 0.6) is 0 Å². The van der Waals surface area contributed by atoms with E-state index in [1.165, 1.54) is 55.3 Å². The predicted molar refractivity (Wildman–Crippen MR) is 202 cm³/mol. The summed E-state index contributed by atoms with van der Waals surface area (Å²) in [5, 5.41) is 2.51. The van der Waals surface area contributed by atoms with Gasteiger partial charge in [-0.05, 0) is 108 Å². The van der Waals surface area contributed by atoms with E-state index in [0.717, 1.165) is 22.3 Å². The molecule has 9 rings (SSSR count). The van der Waals surface area contributed by atoms with Crippen molar-refractivity contribution in [1.82, 2.24) is 4.98 Å². The smallest absolute Gasteiger partial charge is 0.270 e. The SMILES string of the molecule is [C-]#[N+]c1cc(-c2cccc(-c3ccc4c(c3)C(c3ccccc3)(c3ccccc3)c3cc(-c5ccccc5)c5ccccc5c3-4)c2)ccn1. The molecule has 0 amide bonds. The maximum Gasteiger partial charge on any atom is 0.270 e. The third-order valence-corrected chi connectivity index (χ3v) is 10.0. The first-order chi connectivity index (χ1) is 24.3. The number of hydrogen-bond donors (Lipinski definition) is 0. The maximum absolute atomic E-state index is 7.46. The van der Waals surface area contributed by atoms with E-state index in [4.69, 9.17) is 6.57 Å². The molecule has 49 heavy (non-hydrogen) atoms. The molecule has 0 saturated carbocycles. The first kappa shape index (κ1) is 28.6. The van der Waals surface area contributed by atoms with Crippen LogP contribution in [-0.4, -0.2) is 4.98 Å². The van der Waals surface area contributed by atoms with Crippen molar-refractivity contribution in [3.63, 3.8) is 0 Å². The van der Waals surface area contributed by atoms with Gasteiger partial charge in [-0.2, -0.15) is 0 Å². The fraction of sp³-hybridized carbons (Fsp3) is 0.0213. The molecule has 0 atom stereocenters. The quantitative estimate of drug-likeness (QED) is 0.175. The number of benzene rings is 7. The number of aromatic nitrogens is 1. The lowest BCUT2D eigenvalue weighted by Crippen LogP contribution is -2.28. The van der Waals surface area contributed by atoms with E-state index >= 15 is 0 Å². The third-order valence-electron chi connectivity index (χ3n) is 10.0. The highest BCUT2D eigenvalue weighted by Crippen LogP contribution is 2.59. The van der Waals surface area contributed by atoms with E-state index in [1.807, 2.05) is 12.1 Å². The van der Waals surface area contributed by atoms with E-state index in [9.17, 15) is 0 Å². The molecule has 8 aromatic rings. The highest BCUT2D eigenvalue weighted by Gasteiger charge is 2.47. The van der Waals surface area contributed by atoms with Crippen molar-refractivity contribution in [1.29, 1.82) is 0 Å². The monoisotopic (exact) mass is 622 g/mol. The highest BCUT2D eigenvalue weighted by atomic mass is 14.8. The van der Waals surface area contributed by atoms with E-state index in [2.05, 4.69) is 174 Å². The molecular weight excluding hydrogens is 593 g/mol. The van der Waals surface area contributed by atoms with Crippen molar-refractivity contribution in [3.05, 3.63) is 216 Å². The normalized spacial score (nSPS) is 12.6. The van der Waals surface area contributed by atoms with Gasteiger partial charge in [0.05, 0.1) is 5.41 Å². The van der Waals surface area contributed by atoms with Gasteiger partial charge in [0.2, 0.25) is 0 Å². The van der Waals surface area contributed by atoms with Crippen LogP contribution in [0, 0.1) is 6.57 Å². The van der Waals surface area contributed by atoms with Gasteiger partial charge in [0.1, 0.15) is 6.20 Å². The second-order valence-electron chi connectivity index (χ2n) is 12.6. The summed E-state index contributed by atoms with van der Waals surface area (Å²) in [5.74, 6) is 0.399. The molecule has 0 unspecified atom stereocenters. The van der Waals surface area contributed by atoms with Gasteiger partial charge in [-0.15, -0.1) is 4.98 Å². The van der Waals surface area contributed by atoms with Crippen LogP contribution < -0.4 is 0 Å². The van der Waals surface area contributed by atoms with Crippen LogP contribution >= 0.6 is 0 Å². The standard InChI is InChI=1S/C47H30N2/c1-48-45-30-36(26-27-49-45)34-17-13-16-33(28-34)35-24-25-41-43(29-35)47(37-18-7-3-8-19-37,38-20-9-4-10-21-38)44-31-42(32-14-5-2-6-15-32)39-22-11-12-23-40(39)46(41)44/h2-31H. The van der Waals surface area contributed by atoms with Gasteiger partial charge in [0.25, 0.3) is 5.82 Å². The van der Waals surface area contributed by atoms with E-state index in [0.29, 0.717) is 5.82 Å². The second kappa shape index (κ2) is 11.6. The summed E-state index contributed by atoms with van der Waals surface area (Å²) in [6, 6.07) is 63.6. The summed E-state index contributed by atoms with van der Waals surface area (Å²) in [5.41, 5.74) is 13.8. The van der Waals surface area contributed by atoms with Gasteiger partial charge >= 0.3 is 0 Å². The Morgan fingerprint density at radius 3 is 1.67 bits per heavy atom. The molecule has 0 spiro atoms.